The number of nitrogens with one attached hydrogen (secondary N) is 1. The summed E-state index contributed by atoms with van der Waals surface area (Å²) >= 11 is 6.38. The Hall–Kier alpha value is -0.770. The van der Waals surface area contributed by atoms with Crippen LogP contribution in [0.4, 0.5) is 5.69 Å². The Balaban J connectivity index is 2.05. The van der Waals surface area contributed by atoms with E-state index in [9.17, 15) is 5.11 Å². The zero-order chi connectivity index (χ0) is 13.9. The lowest BCUT2D eigenvalue weighted by atomic mass is 9.93. The predicted molar refractivity (Wildman–Crippen MR) is 80.9 cm³/mol. The summed E-state index contributed by atoms with van der Waals surface area (Å²) in [6, 6.07) is 6.25. The number of rotatable bonds is 4. The van der Waals surface area contributed by atoms with Crippen molar-refractivity contribution in [2.24, 2.45) is 0 Å². The maximum atomic E-state index is 9.98. The van der Waals surface area contributed by atoms with E-state index < -0.39 is 5.60 Å². The highest BCUT2D eigenvalue weighted by Crippen LogP contribution is 2.31. The average molecular weight is 283 g/mol. The van der Waals surface area contributed by atoms with Gasteiger partial charge >= 0.3 is 0 Å². The highest BCUT2D eigenvalue weighted by molar-refractivity contribution is 6.33. The van der Waals surface area contributed by atoms with Crippen LogP contribution in [0.25, 0.3) is 0 Å². The molecule has 1 fully saturated rings. The zero-order valence-electron chi connectivity index (χ0n) is 11.7. The molecule has 0 aliphatic carbocycles. The van der Waals surface area contributed by atoms with Crippen molar-refractivity contribution in [2.75, 3.05) is 24.5 Å². The summed E-state index contributed by atoms with van der Waals surface area (Å²) in [6.07, 6.45) is 1.59. The molecule has 19 heavy (non-hydrogen) atoms. The molecule has 1 aromatic rings. The number of hydrogen-bond acceptors (Lipinski definition) is 3. The number of aliphatic hydroxyl groups is 1. The zero-order valence-corrected chi connectivity index (χ0v) is 12.5. The van der Waals surface area contributed by atoms with Gasteiger partial charge in [0.05, 0.1) is 16.3 Å². The van der Waals surface area contributed by atoms with Gasteiger partial charge in [-0.05, 0) is 44.0 Å². The Morgan fingerprint density at radius 1 is 1.37 bits per heavy atom. The molecule has 2 rings (SSSR count). The number of halogens is 1. The minimum atomic E-state index is -0.520. The Kier molecular flexibility index (Phi) is 4.71. The SMILES string of the molecule is CCNCc1ccc(N2CCC(C)(O)CC2)c(Cl)c1. The predicted octanol–water partition coefficient (Wildman–Crippen LogP) is 2.80. The highest BCUT2D eigenvalue weighted by Gasteiger charge is 2.28. The molecule has 106 valence electrons. The van der Waals surface area contributed by atoms with Crippen molar-refractivity contribution in [3.8, 4) is 0 Å². The van der Waals surface area contributed by atoms with Crippen LogP contribution < -0.4 is 10.2 Å². The summed E-state index contributed by atoms with van der Waals surface area (Å²) in [5, 5.41) is 14.1. The number of anilines is 1. The summed E-state index contributed by atoms with van der Waals surface area (Å²) in [5.41, 5.74) is 1.77. The number of nitrogens with zero attached hydrogens (tertiary/aromatic N) is 1. The summed E-state index contributed by atoms with van der Waals surface area (Å²) in [7, 11) is 0. The van der Waals surface area contributed by atoms with Crippen molar-refractivity contribution in [3.05, 3.63) is 28.8 Å². The van der Waals surface area contributed by atoms with Gasteiger partial charge < -0.3 is 15.3 Å². The molecule has 0 spiro atoms. The minimum absolute atomic E-state index is 0.520. The molecule has 1 aliphatic heterocycles. The van der Waals surface area contributed by atoms with Gasteiger partial charge in [0.2, 0.25) is 0 Å². The van der Waals surface area contributed by atoms with E-state index in [1.807, 2.05) is 13.0 Å². The molecule has 0 bridgehead atoms. The molecule has 3 nitrogen and oxygen atoms in total. The van der Waals surface area contributed by atoms with Crippen molar-refractivity contribution in [3.63, 3.8) is 0 Å². The van der Waals surface area contributed by atoms with Crippen molar-refractivity contribution < 1.29 is 5.11 Å². The quantitative estimate of drug-likeness (QED) is 0.891. The second-order valence-electron chi connectivity index (χ2n) is 5.55. The van der Waals surface area contributed by atoms with Crippen LogP contribution in [0.1, 0.15) is 32.3 Å². The molecule has 1 aromatic carbocycles. The third kappa shape index (κ3) is 3.85. The van der Waals surface area contributed by atoms with Gasteiger partial charge in [-0.1, -0.05) is 24.6 Å². The Labute approximate surface area is 120 Å². The third-order valence-corrected chi connectivity index (χ3v) is 4.08. The lowest BCUT2D eigenvalue weighted by Crippen LogP contribution is -2.42. The second-order valence-corrected chi connectivity index (χ2v) is 5.96. The van der Waals surface area contributed by atoms with E-state index in [0.717, 1.165) is 49.7 Å². The van der Waals surface area contributed by atoms with E-state index in [0.29, 0.717) is 0 Å². The molecule has 0 saturated carbocycles. The maximum Gasteiger partial charge on any atom is 0.0653 e. The minimum Gasteiger partial charge on any atom is -0.390 e. The van der Waals surface area contributed by atoms with E-state index in [1.165, 1.54) is 5.56 Å². The van der Waals surface area contributed by atoms with Gasteiger partial charge in [0.15, 0.2) is 0 Å². The standard InChI is InChI=1S/C15H23ClN2O/c1-3-17-11-12-4-5-14(13(16)10-12)18-8-6-15(2,19)7-9-18/h4-5,10,17,19H,3,6-9,11H2,1-2H3. The summed E-state index contributed by atoms with van der Waals surface area (Å²) in [5.74, 6) is 0. The van der Waals surface area contributed by atoms with Gasteiger partial charge in [-0.3, -0.25) is 0 Å². The highest BCUT2D eigenvalue weighted by atomic mass is 35.5. The van der Waals surface area contributed by atoms with E-state index >= 15 is 0 Å². The molecule has 1 heterocycles. The summed E-state index contributed by atoms with van der Waals surface area (Å²) in [4.78, 5) is 2.26. The fourth-order valence-electron chi connectivity index (χ4n) is 2.42. The largest absolute Gasteiger partial charge is 0.390 e. The van der Waals surface area contributed by atoms with Crippen molar-refractivity contribution in [2.45, 2.75) is 38.8 Å². The fourth-order valence-corrected chi connectivity index (χ4v) is 2.74. The normalized spacial score (nSPS) is 18.6. The average Bonchev–Trinajstić information content (AvgIpc) is 2.37. The molecule has 1 aliphatic rings. The van der Waals surface area contributed by atoms with Gasteiger partial charge in [-0.2, -0.15) is 0 Å². The van der Waals surface area contributed by atoms with Crippen LogP contribution in [-0.2, 0) is 6.54 Å². The van der Waals surface area contributed by atoms with Gasteiger partial charge in [0.25, 0.3) is 0 Å². The number of hydrogen-bond donors (Lipinski definition) is 2. The Bertz CT molecular complexity index is 424. The maximum absolute atomic E-state index is 9.98. The van der Waals surface area contributed by atoms with Gasteiger partial charge in [0.1, 0.15) is 0 Å². The lowest BCUT2D eigenvalue weighted by Gasteiger charge is -2.37. The molecule has 0 radical (unpaired) electrons. The Morgan fingerprint density at radius 3 is 2.63 bits per heavy atom. The molecule has 0 aromatic heterocycles. The molecule has 2 N–H and O–H groups in total. The van der Waals surface area contributed by atoms with Crippen LogP contribution in [0.5, 0.6) is 0 Å². The molecule has 4 heteroatoms. The van der Waals surface area contributed by atoms with Crippen molar-refractivity contribution in [1.82, 2.24) is 5.32 Å². The molecule has 0 amide bonds. The summed E-state index contributed by atoms with van der Waals surface area (Å²) in [6.45, 7) is 7.53. The van der Waals surface area contributed by atoms with Crippen molar-refractivity contribution in [1.29, 1.82) is 0 Å². The molecular weight excluding hydrogens is 260 g/mol. The van der Waals surface area contributed by atoms with Gasteiger partial charge in [-0.15, -0.1) is 0 Å². The summed E-state index contributed by atoms with van der Waals surface area (Å²) < 4.78 is 0. The van der Waals surface area contributed by atoms with E-state index in [4.69, 9.17) is 11.6 Å². The molecular formula is C15H23ClN2O. The van der Waals surface area contributed by atoms with Crippen molar-refractivity contribution >= 4 is 17.3 Å². The van der Waals surface area contributed by atoms with E-state index in [2.05, 4.69) is 29.3 Å². The van der Waals surface area contributed by atoms with Crippen LogP contribution in [0, 0.1) is 0 Å². The molecule has 0 unspecified atom stereocenters. The van der Waals surface area contributed by atoms with E-state index in [-0.39, 0.29) is 0 Å². The second kappa shape index (κ2) is 6.12. The topological polar surface area (TPSA) is 35.5 Å². The van der Waals surface area contributed by atoms with E-state index in [1.54, 1.807) is 0 Å². The van der Waals surface area contributed by atoms with Gasteiger partial charge in [-0.25, -0.2) is 0 Å². The lowest BCUT2D eigenvalue weighted by molar-refractivity contribution is 0.0351. The fraction of sp³-hybridized carbons (Fsp3) is 0.600. The van der Waals surface area contributed by atoms with Gasteiger partial charge in [0, 0.05) is 19.6 Å². The first-order chi connectivity index (χ1) is 9.02. The smallest absolute Gasteiger partial charge is 0.0653 e. The first kappa shape index (κ1) is 14.6. The molecule has 1 saturated heterocycles. The first-order valence-corrected chi connectivity index (χ1v) is 7.36. The van der Waals surface area contributed by atoms with Crippen LogP contribution >= 0.6 is 11.6 Å². The monoisotopic (exact) mass is 282 g/mol. The number of benzene rings is 1. The third-order valence-electron chi connectivity index (χ3n) is 3.77. The van der Waals surface area contributed by atoms with Crippen LogP contribution in [0.15, 0.2) is 18.2 Å². The number of piperidine rings is 1. The first-order valence-electron chi connectivity index (χ1n) is 6.98. The van der Waals surface area contributed by atoms with Crippen LogP contribution in [0.3, 0.4) is 0 Å². The van der Waals surface area contributed by atoms with Crippen LogP contribution in [0.2, 0.25) is 5.02 Å². The Morgan fingerprint density at radius 2 is 2.05 bits per heavy atom. The molecule has 0 atom stereocenters. The van der Waals surface area contributed by atoms with Crippen LogP contribution in [-0.4, -0.2) is 30.3 Å².